The van der Waals surface area contributed by atoms with Gasteiger partial charge < -0.3 is 15.8 Å². The van der Waals surface area contributed by atoms with Crippen LogP contribution in [0.2, 0.25) is 0 Å². The van der Waals surface area contributed by atoms with Crippen molar-refractivity contribution in [3.05, 3.63) is 24.3 Å². The van der Waals surface area contributed by atoms with Gasteiger partial charge in [0.05, 0.1) is 11.8 Å². The molecule has 0 aromatic heterocycles. The molecule has 0 aliphatic heterocycles. The fraction of sp³-hybridized carbons (Fsp3) is 0.600. The van der Waals surface area contributed by atoms with Gasteiger partial charge in [-0.05, 0) is 51.7 Å². The molecule has 3 N–H and O–H groups in total. The monoisotopic (exact) mass is 248 g/mol. The van der Waals surface area contributed by atoms with Crippen molar-refractivity contribution in [2.24, 2.45) is 5.73 Å². The molecule has 0 heterocycles. The predicted octanol–water partition coefficient (Wildman–Crippen LogP) is 3.16. The van der Waals surface area contributed by atoms with Crippen LogP contribution in [-0.2, 0) is 0 Å². The van der Waals surface area contributed by atoms with E-state index in [1.165, 1.54) is 0 Å². The molecule has 0 radical (unpaired) electrons. The Balaban J connectivity index is 2.00. The lowest BCUT2D eigenvalue weighted by molar-refractivity contribution is 0.243. The molecule has 3 heteroatoms. The van der Waals surface area contributed by atoms with Crippen LogP contribution in [0.25, 0.3) is 0 Å². The SMILES string of the molecule is CC(C)Oc1ccccc1NC1CCC(N)CC1. The van der Waals surface area contributed by atoms with E-state index in [0.717, 1.165) is 37.1 Å². The first-order chi connectivity index (χ1) is 8.65. The minimum atomic E-state index is 0.202. The molecule has 2 rings (SSSR count). The van der Waals surface area contributed by atoms with Crippen molar-refractivity contribution in [1.29, 1.82) is 0 Å². The summed E-state index contributed by atoms with van der Waals surface area (Å²) in [4.78, 5) is 0. The number of hydrogen-bond donors (Lipinski definition) is 2. The number of benzene rings is 1. The van der Waals surface area contributed by atoms with Crippen LogP contribution in [0.1, 0.15) is 39.5 Å². The summed E-state index contributed by atoms with van der Waals surface area (Å²) in [6.45, 7) is 4.10. The number of ether oxygens (including phenoxy) is 1. The van der Waals surface area contributed by atoms with Gasteiger partial charge in [0.1, 0.15) is 5.75 Å². The summed E-state index contributed by atoms with van der Waals surface area (Å²) in [7, 11) is 0. The summed E-state index contributed by atoms with van der Waals surface area (Å²) < 4.78 is 5.82. The zero-order chi connectivity index (χ0) is 13.0. The average molecular weight is 248 g/mol. The molecule has 1 aromatic carbocycles. The molecule has 18 heavy (non-hydrogen) atoms. The van der Waals surface area contributed by atoms with Crippen molar-refractivity contribution in [2.75, 3.05) is 5.32 Å². The van der Waals surface area contributed by atoms with Crippen molar-refractivity contribution in [1.82, 2.24) is 0 Å². The van der Waals surface area contributed by atoms with Crippen LogP contribution in [0, 0.1) is 0 Å². The van der Waals surface area contributed by atoms with E-state index >= 15 is 0 Å². The Morgan fingerprint density at radius 2 is 1.83 bits per heavy atom. The van der Waals surface area contributed by atoms with Crippen molar-refractivity contribution >= 4 is 5.69 Å². The Bertz CT molecular complexity index is 371. The smallest absolute Gasteiger partial charge is 0.142 e. The Hall–Kier alpha value is -1.22. The Labute approximate surface area is 110 Å². The maximum atomic E-state index is 5.93. The lowest BCUT2D eigenvalue weighted by atomic mass is 9.91. The van der Waals surface area contributed by atoms with Gasteiger partial charge in [-0.15, -0.1) is 0 Å². The first-order valence-electron chi connectivity index (χ1n) is 6.93. The van der Waals surface area contributed by atoms with Crippen molar-refractivity contribution < 1.29 is 4.74 Å². The third kappa shape index (κ3) is 3.64. The van der Waals surface area contributed by atoms with Crippen LogP contribution in [0.5, 0.6) is 5.75 Å². The van der Waals surface area contributed by atoms with Crippen LogP contribution in [0.3, 0.4) is 0 Å². The molecule has 0 saturated heterocycles. The van der Waals surface area contributed by atoms with Gasteiger partial charge in [0, 0.05) is 12.1 Å². The molecule has 0 spiro atoms. The quantitative estimate of drug-likeness (QED) is 0.860. The van der Waals surface area contributed by atoms with Crippen LogP contribution in [-0.4, -0.2) is 18.2 Å². The molecule has 0 unspecified atom stereocenters. The van der Waals surface area contributed by atoms with Gasteiger partial charge >= 0.3 is 0 Å². The van der Waals surface area contributed by atoms with Gasteiger partial charge in [0.2, 0.25) is 0 Å². The Kier molecular flexibility index (Phi) is 4.48. The van der Waals surface area contributed by atoms with Gasteiger partial charge in [-0.3, -0.25) is 0 Å². The van der Waals surface area contributed by atoms with E-state index in [1.54, 1.807) is 0 Å². The van der Waals surface area contributed by atoms with E-state index in [9.17, 15) is 0 Å². The van der Waals surface area contributed by atoms with Gasteiger partial charge in [-0.25, -0.2) is 0 Å². The van der Waals surface area contributed by atoms with E-state index in [0.29, 0.717) is 12.1 Å². The van der Waals surface area contributed by atoms with Gasteiger partial charge in [0.15, 0.2) is 0 Å². The Morgan fingerprint density at radius 3 is 2.50 bits per heavy atom. The van der Waals surface area contributed by atoms with E-state index in [1.807, 2.05) is 18.2 Å². The third-order valence-electron chi connectivity index (χ3n) is 3.38. The van der Waals surface area contributed by atoms with Crippen molar-refractivity contribution in [3.63, 3.8) is 0 Å². The first-order valence-corrected chi connectivity index (χ1v) is 6.93. The number of anilines is 1. The summed E-state index contributed by atoms with van der Waals surface area (Å²) in [5, 5.41) is 3.59. The second-order valence-corrected chi connectivity index (χ2v) is 5.42. The molecule has 0 atom stereocenters. The van der Waals surface area contributed by atoms with E-state index in [-0.39, 0.29) is 6.10 Å². The highest BCUT2D eigenvalue weighted by Crippen LogP contribution is 2.28. The number of nitrogens with two attached hydrogens (primary N) is 1. The molecule has 1 aliphatic carbocycles. The second kappa shape index (κ2) is 6.10. The summed E-state index contributed by atoms with van der Waals surface area (Å²) in [5.41, 5.74) is 7.04. The number of nitrogens with one attached hydrogen (secondary N) is 1. The van der Waals surface area contributed by atoms with Gasteiger partial charge in [-0.2, -0.15) is 0 Å². The lowest BCUT2D eigenvalue weighted by Gasteiger charge is -2.28. The highest BCUT2D eigenvalue weighted by molar-refractivity contribution is 5.56. The lowest BCUT2D eigenvalue weighted by Crippen LogP contribution is -2.32. The van der Waals surface area contributed by atoms with E-state index in [2.05, 4.69) is 25.2 Å². The maximum absolute atomic E-state index is 5.93. The summed E-state index contributed by atoms with van der Waals surface area (Å²) in [5.74, 6) is 0.947. The van der Waals surface area contributed by atoms with Crippen molar-refractivity contribution in [3.8, 4) is 5.75 Å². The fourth-order valence-electron chi connectivity index (χ4n) is 2.43. The van der Waals surface area contributed by atoms with Crippen molar-refractivity contribution in [2.45, 2.75) is 57.7 Å². The first kappa shape index (κ1) is 13.2. The summed E-state index contributed by atoms with van der Waals surface area (Å²) >= 11 is 0. The largest absolute Gasteiger partial charge is 0.489 e. The van der Waals surface area contributed by atoms with E-state index < -0.39 is 0 Å². The molecule has 1 aliphatic rings. The highest BCUT2D eigenvalue weighted by Gasteiger charge is 2.19. The van der Waals surface area contributed by atoms with Crippen LogP contribution in [0.15, 0.2) is 24.3 Å². The molecule has 100 valence electrons. The zero-order valence-corrected chi connectivity index (χ0v) is 11.4. The normalized spacial score (nSPS) is 24.0. The molecule has 0 amide bonds. The number of para-hydroxylation sites is 2. The summed E-state index contributed by atoms with van der Waals surface area (Å²) in [6.07, 6.45) is 4.73. The molecular formula is C15H24N2O. The topological polar surface area (TPSA) is 47.3 Å². The minimum absolute atomic E-state index is 0.202. The Morgan fingerprint density at radius 1 is 1.17 bits per heavy atom. The number of rotatable bonds is 4. The molecular weight excluding hydrogens is 224 g/mol. The van der Waals surface area contributed by atoms with Gasteiger partial charge in [0.25, 0.3) is 0 Å². The molecule has 3 nitrogen and oxygen atoms in total. The van der Waals surface area contributed by atoms with Gasteiger partial charge in [-0.1, -0.05) is 12.1 Å². The third-order valence-corrected chi connectivity index (χ3v) is 3.38. The predicted molar refractivity (Wildman–Crippen MR) is 76.1 cm³/mol. The van der Waals surface area contributed by atoms with Crippen LogP contribution in [0.4, 0.5) is 5.69 Å². The highest BCUT2D eigenvalue weighted by atomic mass is 16.5. The summed E-state index contributed by atoms with van der Waals surface area (Å²) in [6, 6.07) is 9.10. The standard InChI is InChI=1S/C15H24N2O/c1-11(2)18-15-6-4-3-5-14(15)17-13-9-7-12(16)8-10-13/h3-6,11-13,17H,7-10,16H2,1-2H3. The van der Waals surface area contributed by atoms with Crippen LogP contribution >= 0.6 is 0 Å². The molecule has 1 aromatic rings. The molecule has 1 saturated carbocycles. The second-order valence-electron chi connectivity index (χ2n) is 5.42. The maximum Gasteiger partial charge on any atom is 0.142 e. The molecule has 1 fully saturated rings. The number of hydrogen-bond acceptors (Lipinski definition) is 3. The van der Waals surface area contributed by atoms with Crippen LogP contribution < -0.4 is 15.8 Å². The van der Waals surface area contributed by atoms with E-state index in [4.69, 9.17) is 10.5 Å². The minimum Gasteiger partial charge on any atom is -0.489 e. The average Bonchev–Trinajstić information content (AvgIpc) is 2.34. The zero-order valence-electron chi connectivity index (χ0n) is 11.4. The fourth-order valence-corrected chi connectivity index (χ4v) is 2.43. The molecule has 0 bridgehead atoms.